The van der Waals surface area contributed by atoms with E-state index < -0.39 is 5.97 Å². The van der Waals surface area contributed by atoms with Crippen LogP contribution in [0.15, 0.2) is 12.1 Å². The molecule has 0 radical (unpaired) electrons. The Morgan fingerprint density at radius 1 is 1.37 bits per heavy atom. The van der Waals surface area contributed by atoms with Gasteiger partial charge in [-0.25, -0.2) is 4.98 Å². The van der Waals surface area contributed by atoms with E-state index in [-0.39, 0.29) is 11.8 Å². The zero-order chi connectivity index (χ0) is 14.4. The van der Waals surface area contributed by atoms with Crippen LogP contribution in [0.5, 0.6) is 0 Å². The standard InChI is InChI=1S/C14H20N2O3/c1-9-7-11(3)16-12(8-9)13(17)15-6-4-5-10(2)14(18)19/h7-8,10H,4-6H2,1-3H3,(H,15,17)(H,18,19). The van der Waals surface area contributed by atoms with Crippen LogP contribution < -0.4 is 5.32 Å². The summed E-state index contributed by atoms with van der Waals surface area (Å²) < 4.78 is 0. The maximum atomic E-state index is 11.8. The van der Waals surface area contributed by atoms with Gasteiger partial charge in [-0.2, -0.15) is 0 Å². The van der Waals surface area contributed by atoms with Gasteiger partial charge in [-0.15, -0.1) is 0 Å². The molecule has 1 amide bonds. The summed E-state index contributed by atoms with van der Waals surface area (Å²) >= 11 is 0. The van der Waals surface area contributed by atoms with Gasteiger partial charge in [0.05, 0.1) is 5.92 Å². The molecule has 0 saturated carbocycles. The van der Waals surface area contributed by atoms with Crippen molar-refractivity contribution in [3.8, 4) is 0 Å². The fraction of sp³-hybridized carbons (Fsp3) is 0.500. The van der Waals surface area contributed by atoms with Crippen LogP contribution in [0.1, 0.15) is 41.5 Å². The third-order valence-corrected chi connectivity index (χ3v) is 2.85. The molecule has 0 aromatic carbocycles. The molecule has 1 heterocycles. The van der Waals surface area contributed by atoms with Gasteiger partial charge in [-0.3, -0.25) is 9.59 Å². The van der Waals surface area contributed by atoms with Crippen molar-refractivity contribution < 1.29 is 14.7 Å². The molecule has 0 aliphatic heterocycles. The highest BCUT2D eigenvalue weighted by atomic mass is 16.4. The topological polar surface area (TPSA) is 79.3 Å². The van der Waals surface area contributed by atoms with Crippen molar-refractivity contribution in [1.82, 2.24) is 10.3 Å². The quantitative estimate of drug-likeness (QED) is 0.769. The molecule has 0 fully saturated rings. The van der Waals surface area contributed by atoms with Gasteiger partial charge in [0.25, 0.3) is 5.91 Å². The molecule has 5 nitrogen and oxygen atoms in total. The van der Waals surface area contributed by atoms with E-state index in [1.165, 1.54) is 0 Å². The Bertz CT molecular complexity index is 452. The molecule has 5 heteroatoms. The molecule has 2 N–H and O–H groups in total. The Labute approximate surface area is 113 Å². The first-order valence-electron chi connectivity index (χ1n) is 6.36. The summed E-state index contributed by atoms with van der Waals surface area (Å²) in [6.07, 6.45) is 1.19. The lowest BCUT2D eigenvalue weighted by molar-refractivity contribution is -0.141. The molecule has 1 aromatic rings. The molecule has 19 heavy (non-hydrogen) atoms. The van der Waals surface area contributed by atoms with E-state index in [0.717, 1.165) is 11.3 Å². The van der Waals surface area contributed by atoms with Gasteiger partial charge >= 0.3 is 5.97 Å². The number of hydrogen-bond donors (Lipinski definition) is 2. The van der Waals surface area contributed by atoms with Crippen LogP contribution >= 0.6 is 0 Å². The molecular formula is C14H20N2O3. The van der Waals surface area contributed by atoms with Crippen molar-refractivity contribution in [3.05, 3.63) is 29.1 Å². The Morgan fingerprint density at radius 3 is 2.63 bits per heavy atom. The Kier molecular flexibility index (Phi) is 5.48. The lowest BCUT2D eigenvalue weighted by Crippen LogP contribution is -2.26. The van der Waals surface area contributed by atoms with Gasteiger partial charge in [0, 0.05) is 12.2 Å². The van der Waals surface area contributed by atoms with Gasteiger partial charge in [-0.1, -0.05) is 6.92 Å². The highest BCUT2D eigenvalue weighted by Crippen LogP contribution is 2.06. The number of nitrogens with one attached hydrogen (secondary N) is 1. The summed E-state index contributed by atoms with van der Waals surface area (Å²) in [5.74, 6) is -1.40. The van der Waals surface area contributed by atoms with Crippen molar-refractivity contribution in [2.24, 2.45) is 5.92 Å². The number of amides is 1. The molecule has 0 bridgehead atoms. The molecule has 1 aromatic heterocycles. The molecule has 0 aliphatic rings. The van der Waals surface area contributed by atoms with Crippen molar-refractivity contribution >= 4 is 11.9 Å². The van der Waals surface area contributed by atoms with Crippen LogP contribution in [0.4, 0.5) is 0 Å². The molecule has 104 valence electrons. The second-order valence-electron chi connectivity index (χ2n) is 4.81. The van der Waals surface area contributed by atoms with E-state index in [2.05, 4.69) is 10.3 Å². The number of nitrogens with zero attached hydrogens (tertiary/aromatic N) is 1. The number of hydrogen-bond acceptors (Lipinski definition) is 3. The predicted molar refractivity (Wildman–Crippen MR) is 72.1 cm³/mol. The Balaban J connectivity index is 2.41. The van der Waals surface area contributed by atoms with E-state index in [1.807, 2.05) is 19.9 Å². The second kappa shape index (κ2) is 6.87. The maximum Gasteiger partial charge on any atom is 0.306 e. The number of pyridine rings is 1. The van der Waals surface area contributed by atoms with Crippen LogP contribution in [0, 0.1) is 19.8 Å². The van der Waals surface area contributed by atoms with E-state index in [1.54, 1.807) is 13.0 Å². The first-order chi connectivity index (χ1) is 8.90. The van der Waals surface area contributed by atoms with Gasteiger partial charge < -0.3 is 10.4 Å². The lowest BCUT2D eigenvalue weighted by Gasteiger charge is -2.08. The van der Waals surface area contributed by atoms with Crippen molar-refractivity contribution in [2.45, 2.75) is 33.6 Å². The van der Waals surface area contributed by atoms with Gasteiger partial charge in [-0.05, 0) is 44.4 Å². The first kappa shape index (κ1) is 15.1. The number of aliphatic carboxylic acids is 1. The molecule has 0 spiro atoms. The minimum atomic E-state index is -0.803. The summed E-state index contributed by atoms with van der Waals surface area (Å²) in [5, 5.41) is 11.5. The molecular weight excluding hydrogens is 244 g/mol. The number of carboxylic acids is 1. The average Bonchev–Trinajstić information content (AvgIpc) is 2.32. The highest BCUT2D eigenvalue weighted by molar-refractivity contribution is 5.92. The van der Waals surface area contributed by atoms with Crippen LogP contribution in [0.2, 0.25) is 0 Å². The largest absolute Gasteiger partial charge is 0.481 e. The van der Waals surface area contributed by atoms with E-state index in [9.17, 15) is 9.59 Å². The van der Waals surface area contributed by atoms with Crippen LogP contribution in [-0.2, 0) is 4.79 Å². The molecule has 0 aliphatic carbocycles. The predicted octanol–water partition coefficient (Wildman–Crippen LogP) is 1.93. The Morgan fingerprint density at radius 2 is 2.05 bits per heavy atom. The summed E-state index contributed by atoms with van der Waals surface area (Å²) in [6, 6.07) is 3.65. The zero-order valence-corrected chi connectivity index (χ0v) is 11.6. The summed E-state index contributed by atoms with van der Waals surface area (Å²) in [5.41, 5.74) is 2.21. The third-order valence-electron chi connectivity index (χ3n) is 2.85. The molecule has 0 saturated heterocycles. The molecule has 1 rings (SSSR count). The Hall–Kier alpha value is -1.91. The number of aryl methyl sites for hydroxylation is 2. The number of carbonyl (C=O) groups is 2. The van der Waals surface area contributed by atoms with E-state index in [0.29, 0.717) is 25.1 Å². The average molecular weight is 264 g/mol. The fourth-order valence-corrected chi connectivity index (χ4v) is 1.78. The smallest absolute Gasteiger partial charge is 0.306 e. The van der Waals surface area contributed by atoms with Gasteiger partial charge in [0.15, 0.2) is 0 Å². The van der Waals surface area contributed by atoms with Crippen molar-refractivity contribution in [2.75, 3.05) is 6.54 Å². The SMILES string of the molecule is Cc1cc(C)nc(C(=O)NCCCC(C)C(=O)O)c1. The van der Waals surface area contributed by atoms with Crippen LogP contribution in [0.3, 0.4) is 0 Å². The first-order valence-corrected chi connectivity index (χ1v) is 6.36. The van der Waals surface area contributed by atoms with Crippen molar-refractivity contribution in [1.29, 1.82) is 0 Å². The normalized spacial score (nSPS) is 11.9. The summed E-state index contributed by atoms with van der Waals surface area (Å²) in [7, 11) is 0. The number of rotatable bonds is 6. The van der Waals surface area contributed by atoms with E-state index in [4.69, 9.17) is 5.11 Å². The van der Waals surface area contributed by atoms with E-state index >= 15 is 0 Å². The summed E-state index contributed by atoms with van der Waals surface area (Å²) in [4.78, 5) is 26.6. The highest BCUT2D eigenvalue weighted by Gasteiger charge is 2.11. The number of carboxylic acid groups (broad SMARTS) is 1. The summed E-state index contributed by atoms with van der Waals surface area (Å²) in [6.45, 7) is 5.89. The monoisotopic (exact) mass is 264 g/mol. The number of aromatic nitrogens is 1. The zero-order valence-electron chi connectivity index (χ0n) is 11.6. The van der Waals surface area contributed by atoms with Gasteiger partial charge in [0.1, 0.15) is 5.69 Å². The van der Waals surface area contributed by atoms with Gasteiger partial charge in [0.2, 0.25) is 0 Å². The molecule has 1 unspecified atom stereocenters. The van der Waals surface area contributed by atoms with Crippen molar-refractivity contribution in [3.63, 3.8) is 0 Å². The minimum absolute atomic E-state index is 0.213. The lowest BCUT2D eigenvalue weighted by atomic mass is 10.1. The minimum Gasteiger partial charge on any atom is -0.481 e. The van der Waals surface area contributed by atoms with Crippen LogP contribution in [-0.4, -0.2) is 28.5 Å². The third kappa shape index (κ3) is 5.07. The second-order valence-corrected chi connectivity index (χ2v) is 4.81. The molecule has 1 atom stereocenters. The maximum absolute atomic E-state index is 11.8. The fourth-order valence-electron chi connectivity index (χ4n) is 1.78. The van der Waals surface area contributed by atoms with Crippen LogP contribution in [0.25, 0.3) is 0 Å². The number of carbonyl (C=O) groups excluding carboxylic acids is 1.